The predicted octanol–water partition coefficient (Wildman–Crippen LogP) is 3.74. The van der Waals surface area contributed by atoms with Crippen molar-refractivity contribution in [1.82, 2.24) is 0 Å². The van der Waals surface area contributed by atoms with Gasteiger partial charge in [-0.25, -0.2) is 0 Å². The van der Waals surface area contributed by atoms with Crippen LogP contribution in [0.3, 0.4) is 0 Å². The van der Waals surface area contributed by atoms with E-state index in [9.17, 15) is 5.11 Å². The van der Waals surface area contributed by atoms with Crippen molar-refractivity contribution in [2.24, 2.45) is 5.73 Å². The Balaban J connectivity index is 2.47. The first kappa shape index (κ1) is 11.9. The van der Waals surface area contributed by atoms with Crippen molar-refractivity contribution in [3.63, 3.8) is 0 Å². The first-order valence-electron chi connectivity index (χ1n) is 6.20. The van der Waals surface area contributed by atoms with E-state index in [0.29, 0.717) is 5.75 Å². The van der Waals surface area contributed by atoms with Gasteiger partial charge < -0.3 is 10.8 Å². The van der Waals surface area contributed by atoms with E-state index in [2.05, 4.69) is 6.92 Å². The summed E-state index contributed by atoms with van der Waals surface area (Å²) < 4.78 is 0. The molecule has 0 unspecified atom stereocenters. The van der Waals surface area contributed by atoms with E-state index in [1.54, 1.807) is 6.07 Å². The van der Waals surface area contributed by atoms with Crippen LogP contribution in [-0.2, 0) is 0 Å². The molecule has 2 aromatic rings. The molecule has 0 aliphatic rings. The highest BCUT2D eigenvalue weighted by atomic mass is 16.3. The van der Waals surface area contributed by atoms with E-state index < -0.39 is 0 Å². The maximum atomic E-state index is 10.00. The van der Waals surface area contributed by atoms with Gasteiger partial charge in [-0.2, -0.15) is 0 Å². The average Bonchev–Trinajstić information content (AvgIpc) is 2.35. The number of nitrogens with two attached hydrogens (primary N) is 1. The number of phenols is 1. The summed E-state index contributed by atoms with van der Waals surface area (Å²) in [5.74, 6) is 0.312. The van der Waals surface area contributed by atoms with E-state index in [4.69, 9.17) is 5.73 Å². The normalized spacial score (nSPS) is 12.8. The molecule has 0 aliphatic carbocycles. The van der Waals surface area contributed by atoms with Crippen LogP contribution in [0.1, 0.15) is 37.8 Å². The Morgan fingerprint density at radius 2 is 1.94 bits per heavy atom. The average molecular weight is 229 g/mol. The molecule has 0 aliphatic heterocycles. The molecule has 2 aromatic carbocycles. The number of unbranched alkanes of at least 4 members (excludes halogenated alkanes) is 1. The summed E-state index contributed by atoms with van der Waals surface area (Å²) in [7, 11) is 0. The number of aromatic hydroxyl groups is 1. The third-order valence-electron chi connectivity index (χ3n) is 3.19. The molecule has 0 amide bonds. The van der Waals surface area contributed by atoms with E-state index in [-0.39, 0.29) is 6.04 Å². The second kappa shape index (κ2) is 5.19. The topological polar surface area (TPSA) is 46.2 Å². The quantitative estimate of drug-likeness (QED) is 0.839. The Labute approximate surface area is 102 Å². The van der Waals surface area contributed by atoms with E-state index in [1.165, 1.54) is 0 Å². The van der Waals surface area contributed by atoms with Crippen molar-refractivity contribution in [2.75, 3.05) is 0 Å². The zero-order valence-electron chi connectivity index (χ0n) is 10.2. The summed E-state index contributed by atoms with van der Waals surface area (Å²) in [4.78, 5) is 0. The lowest BCUT2D eigenvalue weighted by atomic mass is 9.95. The number of hydrogen-bond donors (Lipinski definition) is 2. The minimum Gasteiger partial charge on any atom is -0.508 e. The Bertz CT molecular complexity index is 507. The van der Waals surface area contributed by atoms with Gasteiger partial charge in [0, 0.05) is 11.6 Å². The zero-order chi connectivity index (χ0) is 12.3. The lowest BCUT2D eigenvalue weighted by molar-refractivity contribution is 0.458. The Morgan fingerprint density at radius 3 is 2.71 bits per heavy atom. The minimum absolute atomic E-state index is 0.0824. The number of hydrogen-bond acceptors (Lipinski definition) is 2. The first-order valence-corrected chi connectivity index (χ1v) is 6.20. The number of phenolic OH excluding ortho intramolecular Hbond substituents is 1. The molecule has 1 atom stereocenters. The molecular weight excluding hydrogens is 210 g/mol. The SMILES string of the molecule is CCCC[C@@H](N)c1c(O)ccc2ccccc12. The van der Waals surface area contributed by atoms with E-state index in [0.717, 1.165) is 35.6 Å². The second-order valence-corrected chi connectivity index (χ2v) is 4.47. The Kier molecular flexibility index (Phi) is 3.64. The fourth-order valence-electron chi connectivity index (χ4n) is 2.24. The predicted molar refractivity (Wildman–Crippen MR) is 72.1 cm³/mol. The summed E-state index contributed by atoms with van der Waals surface area (Å²) in [5.41, 5.74) is 7.07. The maximum absolute atomic E-state index is 10.00. The van der Waals surface area contributed by atoms with Crippen LogP contribution in [0.15, 0.2) is 36.4 Å². The van der Waals surface area contributed by atoms with Crippen molar-refractivity contribution in [3.8, 4) is 5.75 Å². The van der Waals surface area contributed by atoms with Crippen molar-refractivity contribution in [3.05, 3.63) is 42.0 Å². The fraction of sp³-hybridized carbons (Fsp3) is 0.333. The summed E-state index contributed by atoms with van der Waals surface area (Å²) in [5, 5.41) is 12.2. The molecule has 2 heteroatoms. The summed E-state index contributed by atoms with van der Waals surface area (Å²) >= 11 is 0. The van der Waals surface area contributed by atoms with Gasteiger partial charge in [-0.05, 0) is 23.3 Å². The van der Waals surface area contributed by atoms with Crippen LogP contribution in [0.2, 0.25) is 0 Å². The van der Waals surface area contributed by atoms with Crippen molar-refractivity contribution in [2.45, 2.75) is 32.2 Å². The first-order chi connectivity index (χ1) is 8.24. The summed E-state index contributed by atoms with van der Waals surface area (Å²) in [6.45, 7) is 2.15. The fourth-order valence-corrected chi connectivity index (χ4v) is 2.24. The highest BCUT2D eigenvalue weighted by Gasteiger charge is 2.13. The second-order valence-electron chi connectivity index (χ2n) is 4.47. The molecule has 0 saturated heterocycles. The highest BCUT2D eigenvalue weighted by Crippen LogP contribution is 2.33. The van der Waals surface area contributed by atoms with Gasteiger partial charge in [0.2, 0.25) is 0 Å². The van der Waals surface area contributed by atoms with Gasteiger partial charge in [0.25, 0.3) is 0 Å². The molecule has 0 saturated carbocycles. The highest BCUT2D eigenvalue weighted by molar-refractivity contribution is 5.88. The third-order valence-corrected chi connectivity index (χ3v) is 3.19. The van der Waals surface area contributed by atoms with Gasteiger partial charge in [0.15, 0.2) is 0 Å². The molecular formula is C15H19NO. The van der Waals surface area contributed by atoms with Crippen molar-refractivity contribution in [1.29, 1.82) is 0 Å². The van der Waals surface area contributed by atoms with Crippen molar-refractivity contribution < 1.29 is 5.11 Å². The van der Waals surface area contributed by atoms with Gasteiger partial charge in [-0.1, -0.05) is 50.1 Å². The number of fused-ring (bicyclic) bond motifs is 1. The standard InChI is InChI=1S/C15H19NO/c1-2-3-8-13(16)15-12-7-5-4-6-11(12)9-10-14(15)17/h4-7,9-10,13,17H,2-3,8,16H2,1H3/t13-/m1/s1. The van der Waals surface area contributed by atoms with Gasteiger partial charge in [0.1, 0.15) is 5.75 Å². The molecule has 17 heavy (non-hydrogen) atoms. The zero-order valence-corrected chi connectivity index (χ0v) is 10.2. The molecule has 2 rings (SSSR count). The maximum Gasteiger partial charge on any atom is 0.120 e. The minimum atomic E-state index is -0.0824. The summed E-state index contributed by atoms with van der Waals surface area (Å²) in [6, 6.07) is 11.6. The lowest BCUT2D eigenvalue weighted by Gasteiger charge is -2.16. The summed E-state index contributed by atoms with van der Waals surface area (Å²) in [6.07, 6.45) is 3.13. The lowest BCUT2D eigenvalue weighted by Crippen LogP contribution is -2.10. The van der Waals surface area contributed by atoms with Crippen LogP contribution >= 0.6 is 0 Å². The van der Waals surface area contributed by atoms with Gasteiger partial charge in [0.05, 0.1) is 0 Å². The molecule has 3 N–H and O–H groups in total. The van der Waals surface area contributed by atoms with Crippen LogP contribution in [0, 0.1) is 0 Å². The monoisotopic (exact) mass is 229 g/mol. The van der Waals surface area contributed by atoms with E-state index >= 15 is 0 Å². The van der Waals surface area contributed by atoms with Crippen LogP contribution in [0.25, 0.3) is 10.8 Å². The molecule has 0 aromatic heterocycles. The molecule has 0 heterocycles. The van der Waals surface area contributed by atoms with Crippen molar-refractivity contribution >= 4 is 10.8 Å². The molecule has 0 radical (unpaired) electrons. The van der Waals surface area contributed by atoms with Gasteiger partial charge >= 0.3 is 0 Å². The largest absolute Gasteiger partial charge is 0.508 e. The Hall–Kier alpha value is -1.54. The number of benzene rings is 2. The van der Waals surface area contributed by atoms with E-state index in [1.807, 2.05) is 30.3 Å². The molecule has 0 spiro atoms. The smallest absolute Gasteiger partial charge is 0.120 e. The molecule has 2 nitrogen and oxygen atoms in total. The third kappa shape index (κ3) is 2.42. The van der Waals surface area contributed by atoms with Crippen LogP contribution in [-0.4, -0.2) is 5.11 Å². The molecule has 90 valence electrons. The van der Waals surface area contributed by atoms with Crippen LogP contribution in [0.4, 0.5) is 0 Å². The van der Waals surface area contributed by atoms with Gasteiger partial charge in [-0.3, -0.25) is 0 Å². The van der Waals surface area contributed by atoms with Crippen LogP contribution in [0.5, 0.6) is 5.75 Å². The molecule has 0 fully saturated rings. The molecule has 0 bridgehead atoms. The van der Waals surface area contributed by atoms with Crippen LogP contribution < -0.4 is 5.73 Å². The van der Waals surface area contributed by atoms with Gasteiger partial charge in [-0.15, -0.1) is 0 Å². The Morgan fingerprint density at radius 1 is 1.18 bits per heavy atom. The number of rotatable bonds is 4.